The number of hydrogen-bond donors (Lipinski definition) is 2. The van der Waals surface area contributed by atoms with E-state index >= 15 is 0 Å². The van der Waals surface area contributed by atoms with Gasteiger partial charge >= 0.3 is 11.4 Å². The fourth-order valence-corrected chi connectivity index (χ4v) is 3.16. The Morgan fingerprint density at radius 2 is 1.52 bits per heavy atom. The Morgan fingerprint density at radius 3 is 2.30 bits per heavy atom. The molecule has 0 heterocycles. The maximum Gasteiger partial charge on any atom is 0.357 e. The van der Waals surface area contributed by atoms with E-state index in [1.807, 2.05) is 36.4 Å². The van der Waals surface area contributed by atoms with Crippen molar-refractivity contribution in [2.24, 2.45) is 10.2 Å². The zero-order valence-corrected chi connectivity index (χ0v) is 14.8. The van der Waals surface area contributed by atoms with Gasteiger partial charge in [-0.3, -0.25) is 4.55 Å². The molecule has 4 rings (SSSR count). The summed E-state index contributed by atoms with van der Waals surface area (Å²) in [6.45, 7) is 0. The van der Waals surface area contributed by atoms with Crippen LogP contribution in [0, 0.1) is 0 Å². The highest BCUT2D eigenvalue weighted by Crippen LogP contribution is 2.43. The van der Waals surface area contributed by atoms with Gasteiger partial charge in [-0.15, -0.1) is 5.11 Å². The number of fused-ring (bicyclic) bond motifs is 2. The van der Waals surface area contributed by atoms with Crippen molar-refractivity contribution in [1.29, 1.82) is 0 Å². The van der Waals surface area contributed by atoms with Crippen molar-refractivity contribution in [2.75, 3.05) is 0 Å². The summed E-state index contributed by atoms with van der Waals surface area (Å²) in [6, 6.07) is 22.0. The number of phenols is 1. The summed E-state index contributed by atoms with van der Waals surface area (Å²) in [6.07, 6.45) is 0. The predicted octanol–water partition coefficient (Wildman–Crippen LogP) is 5.63. The summed E-state index contributed by atoms with van der Waals surface area (Å²) in [5, 5.41) is 22.1. The second kappa shape index (κ2) is 7.14. The summed E-state index contributed by atoms with van der Waals surface area (Å²) in [5.41, 5.74) is 0.571. The van der Waals surface area contributed by atoms with Crippen molar-refractivity contribution in [2.45, 2.75) is 0 Å². The lowest BCUT2D eigenvalue weighted by Crippen LogP contribution is -1.97. The average molecular weight is 378 g/mol. The maximum atomic E-state index is 11.1. The van der Waals surface area contributed by atoms with E-state index in [0.29, 0.717) is 16.5 Å². The molecule has 4 aromatic rings. The number of azo groups is 1. The van der Waals surface area contributed by atoms with Crippen LogP contribution in [-0.4, -0.2) is 13.9 Å². The smallest absolute Gasteiger partial charge is 0.357 e. The van der Waals surface area contributed by atoms with Crippen molar-refractivity contribution >= 4 is 44.3 Å². The Hall–Kier alpha value is -3.29. The van der Waals surface area contributed by atoms with Gasteiger partial charge in [-0.25, -0.2) is 0 Å². The first-order valence-electron chi connectivity index (χ1n) is 8.06. The van der Waals surface area contributed by atoms with Crippen LogP contribution in [0.2, 0.25) is 0 Å². The quantitative estimate of drug-likeness (QED) is 0.356. The van der Waals surface area contributed by atoms with Gasteiger partial charge < -0.3 is 9.29 Å². The van der Waals surface area contributed by atoms with E-state index in [0.717, 1.165) is 10.8 Å². The highest BCUT2D eigenvalue weighted by Gasteiger charge is 2.16. The first-order valence-corrected chi connectivity index (χ1v) is 9.09. The Bertz CT molecular complexity index is 1210. The molecule has 0 aliphatic heterocycles. The first-order chi connectivity index (χ1) is 13.1. The van der Waals surface area contributed by atoms with E-state index in [9.17, 15) is 9.32 Å². The minimum atomic E-state index is -2.56. The van der Waals surface area contributed by atoms with Gasteiger partial charge in [-0.1, -0.05) is 54.6 Å². The molecule has 0 spiro atoms. The zero-order chi connectivity index (χ0) is 18.8. The van der Waals surface area contributed by atoms with Crippen molar-refractivity contribution in [1.82, 2.24) is 0 Å². The number of phenolic OH excluding ortho intramolecular Hbond substituents is 1. The van der Waals surface area contributed by atoms with Gasteiger partial charge in [0.1, 0.15) is 0 Å². The molecule has 0 saturated heterocycles. The van der Waals surface area contributed by atoms with E-state index in [2.05, 4.69) is 10.2 Å². The molecule has 0 aromatic heterocycles. The molecule has 4 aromatic carbocycles. The summed E-state index contributed by atoms with van der Waals surface area (Å²) < 4.78 is 25.1. The highest BCUT2D eigenvalue weighted by molar-refractivity contribution is 7.74. The van der Waals surface area contributed by atoms with Gasteiger partial charge in [-0.2, -0.15) is 9.32 Å². The summed E-state index contributed by atoms with van der Waals surface area (Å²) in [5.74, 6) is -0.199. The van der Waals surface area contributed by atoms with Crippen LogP contribution < -0.4 is 4.18 Å². The Labute approximate surface area is 157 Å². The molecule has 0 amide bonds. The molecule has 7 heteroatoms. The highest BCUT2D eigenvalue weighted by atomic mass is 32.2. The second-order valence-corrected chi connectivity index (χ2v) is 6.43. The van der Waals surface area contributed by atoms with Gasteiger partial charge in [-0.05, 0) is 34.4 Å². The Balaban J connectivity index is 1.82. The van der Waals surface area contributed by atoms with Crippen molar-refractivity contribution < 1.29 is 18.1 Å². The first kappa shape index (κ1) is 17.1. The monoisotopic (exact) mass is 378 g/mol. The van der Waals surface area contributed by atoms with E-state index in [1.54, 1.807) is 30.3 Å². The minimum absolute atomic E-state index is 0.00995. The Kier molecular flexibility index (Phi) is 4.53. The average Bonchev–Trinajstić information content (AvgIpc) is 2.67. The second-order valence-electron chi connectivity index (χ2n) is 5.82. The number of nitrogens with zero attached hydrogens (tertiary/aromatic N) is 2. The minimum Gasteiger partial charge on any atom is -0.505 e. The molecule has 27 heavy (non-hydrogen) atoms. The lowest BCUT2D eigenvalue weighted by Gasteiger charge is -2.09. The molecule has 0 aliphatic carbocycles. The van der Waals surface area contributed by atoms with Gasteiger partial charge in [0.05, 0.1) is 5.69 Å². The maximum absolute atomic E-state index is 11.1. The summed E-state index contributed by atoms with van der Waals surface area (Å²) in [4.78, 5) is 0. The normalized spacial score (nSPS) is 12.6. The van der Waals surface area contributed by atoms with E-state index < -0.39 is 11.4 Å². The van der Waals surface area contributed by atoms with Gasteiger partial charge in [0.15, 0.2) is 17.2 Å². The number of aromatic hydroxyl groups is 1. The van der Waals surface area contributed by atoms with Gasteiger partial charge in [0.25, 0.3) is 0 Å². The fourth-order valence-electron chi connectivity index (χ4n) is 2.88. The number of rotatable bonds is 4. The lowest BCUT2D eigenvalue weighted by molar-refractivity contribution is 0.452. The summed E-state index contributed by atoms with van der Waals surface area (Å²) >= 11 is -2.56. The number of benzene rings is 4. The molecule has 134 valence electrons. The van der Waals surface area contributed by atoms with Crippen molar-refractivity contribution in [3.8, 4) is 11.5 Å². The third kappa shape index (κ3) is 3.51. The van der Waals surface area contributed by atoms with Crippen LogP contribution in [0.5, 0.6) is 11.5 Å². The van der Waals surface area contributed by atoms with Crippen LogP contribution in [0.25, 0.3) is 21.5 Å². The van der Waals surface area contributed by atoms with Crippen LogP contribution in [0.15, 0.2) is 83.0 Å². The molecular weight excluding hydrogens is 364 g/mol. The van der Waals surface area contributed by atoms with E-state index in [4.69, 9.17) is 8.74 Å². The van der Waals surface area contributed by atoms with Crippen LogP contribution in [0.4, 0.5) is 11.4 Å². The van der Waals surface area contributed by atoms with Crippen molar-refractivity contribution in [3.05, 3.63) is 72.8 Å². The SMILES string of the molecule is O=S(O)Oc1cc2ccccc2c(O)c1N=Nc1ccc2ccccc2c1. The van der Waals surface area contributed by atoms with E-state index in [-0.39, 0.29) is 17.2 Å². The zero-order valence-electron chi connectivity index (χ0n) is 13.9. The fraction of sp³-hybridized carbons (Fsp3) is 0. The molecule has 0 bridgehead atoms. The molecule has 0 aliphatic rings. The van der Waals surface area contributed by atoms with Crippen LogP contribution >= 0.6 is 0 Å². The van der Waals surface area contributed by atoms with Gasteiger partial charge in [0, 0.05) is 5.39 Å². The molecular formula is C20H14N2O4S. The van der Waals surface area contributed by atoms with Crippen LogP contribution in [-0.2, 0) is 11.4 Å². The van der Waals surface area contributed by atoms with Gasteiger partial charge in [0.2, 0.25) is 0 Å². The molecule has 0 saturated carbocycles. The lowest BCUT2D eigenvalue weighted by atomic mass is 10.1. The van der Waals surface area contributed by atoms with Crippen LogP contribution in [0.3, 0.4) is 0 Å². The summed E-state index contributed by atoms with van der Waals surface area (Å²) in [7, 11) is 0. The third-order valence-electron chi connectivity index (χ3n) is 4.12. The standard InChI is InChI=1S/C20H14N2O4S/c23-20-17-8-4-3-7-15(17)12-18(26-27(24)25)19(20)22-21-16-10-9-13-5-1-2-6-14(13)11-16/h1-12,23H,(H,24,25). The molecule has 6 nitrogen and oxygen atoms in total. The predicted molar refractivity (Wildman–Crippen MR) is 105 cm³/mol. The van der Waals surface area contributed by atoms with Crippen molar-refractivity contribution in [3.63, 3.8) is 0 Å². The largest absolute Gasteiger partial charge is 0.505 e. The Morgan fingerprint density at radius 1 is 0.815 bits per heavy atom. The topological polar surface area (TPSA) is 91.5 Å². The molecule has 2 N–H and O–H groups in total. The molecule has 1 atom stereocenters. The molecule has 0 radical (unpaired) electrons. The van der Waals surface area contributed by atoms with E-state index in [1.165, 1.54) is 6.07 Å². The van der Waals surface area contributed by atoms with Crippen LogP contribution in [0.1, 0.15) is 0 Å². The number of hydrogen-bond acceptors (Lipinski definition) is 5. The molecule has 0 fully saturated rings. The molecule has 1 unspecified atom stereocenters. The third-order valence-corrected chi connectivity index (χ3v) is 4.44.